The van der Waals surface area contributed by atoms with Crippen molar-refractivity contribution in [3.8, 4) is 0 Å². The quantitative estimate of drug-likeness (QED) is 0.748. The second kappa shape index (κ2) is 5.08. The van der Waals surface area contributed by atoms with Gasteiger partial charge in [-0.3, -0.25) is 9.29 Å². The summed E-state index contributed by atoms with van der Waals surface area (Å²) in [6, 6.07) is 0.543. The third kappa shape index (κ3) is 2.92. The molecule has 2 atom stereocenters. The maximum absolute atomic E-state index is 12.1. The van der Waals surface area contributed by atoms with E-state index in [0.29, 0.717) is 12.5 Å². The highest BCUT2D eigenvalue weighted by Gasteiger charge is 2.31. The molecule has 84 valence electrons. The lowest BCUT2D eigenvalue weighted by Gasteiger charge is -2.45. The van der Waals surface area contributed by atoms with Crippen LogP contribution in [0.2, 0.25) is 0 Å². The van der Waals surface area contributed by atoms with Gasteiger partial charge in [-0.15, -0.1) is 0 Å². The summed E-state index contributed by atoms with van der Waals surface area (Å²) in [7, 11) is 0. The summed E-state index contributed by atoms with van der Waals surface area (Å²) in [4.78, 5) is 2.40. The van der Waals surface area contributed by atoms with E-state index in [1.54, 1.807) is 0 Å². The largest absolute Gasteiger partial charge is 0.309 e. The lowest BCUT2D eigenvalue weighted by atomic mass is 9.94. The first-order valence-electron chi connectivity index (χ1n) is 5.66. The summed E-state index contributed by atoms with van der Waals surface area (Å²) in [6.45, 7) is 9.44. The fourth-order valence-electron chi connectivity index (χ4n) is 1.98. The number of nitrogens with zero attached hydrogens (tertiary/aromatic N) is 1. The van der Waals surface area contributed by atoms with Crippen LogP contribution in [-0.2, 0) is 0 Å². The number of piperazine rings is 1. The average molecular weight is 202 g/mol. The Morgan fingerprint density at radius 1 is 1.57 bits per heavy atom. The van der Waals surface area contributed by atoms with E-state index in [2.05, 4.69) is 31.0 Å². The van der Waals surface area contributed by atoms with Crippen molar-refractivity contribution in [1.82, 2.24) is 10.2 Å². The zero-order valence-electron chi connectivity index (χ0n) is 9.65. The van der Waals surface area contributed by atoms with Crippen molar-refractivity contribution in [3.05, 3.63) is 0 Å². The van der Waals surface area contributed by atoms with Crippen LogP contribution < -0.4 is 5.32 Å². The van der Waals surface area contributed by atoms with Crippen molar-refractivity contribution in [3.63, 3.8) is 0 Å². The molecule has 2 unspecified atom stereocenters. The molecular formula is C11H23FN2. The normalized spacial score (nSPS) is 34.7. The summed E-state index contributed by atoms with van der Waals surface area (Å²) >= 11 is 0. The SMILES string of the molecule is CCC1(C)CN(CCCF)C(C)CN1. The van der Waals surface area contributed by atoms with E-state index in [4.69, 9.17) is 0 Å². The van der Waals surface area contributed by atoms with Gasteiger partial charge < -0.3 is 5.32 Å². The van der Waals surface area contributed by atoms with Crippen molar-refractivity contribution in [2.24, 2.45) is 0 Å². The lowest BCUT2D eigenvalue weighted by Crippen LogP contribution is -2.61. The van der Waals surface area contributed by atoms with E-state index in [1.165, 1.54) is 0 Å². The van der Waals surface area contributed by atoms with Gasteiger partial charge in [0.2, 0.25) is 0 Å². The molecule has 1 N–H and O–H groups in total. The molecule has 14 heavy (non-hydrogen) atoms. The molecule has 1 aliphatic rings. The van der Waals surface area contributed by atoms with Gasteiger partial charge in [0, 0.05) is 31.2 Å². The summed E-state index contributed by atoms with van der Waals surface area (Å²) in [6.07, 6.45) is 1.80. The summed E-state index contributed by atoms with van der Waals surface area (Å²) in [5.41, 5.74) is 0.225. The molecular weight excluding hydrogens is 179 g/mol. The van der Waals surface area contributed by atoms with Gasteiger partial charge in [-0.2, -0.15) is 0 Å². The molecule has 2 nitrogen and oxygen atoms in total. The molecule has 0 saturated carbocycles. The Morgan fingerprint density at radius 3 is 2.86 bits per heavy atom. The molecule has 1 saturated heterocycles. The molecule has 1 aliphatic heterocycles. The number of halogens is 1. The van der Waals surface area contributed by atoms with Crippen molar-refractivity contribution in [2.75, 3.05) is 26.3 Å². The monoisotopic (exact) mass is 202 g/mol. The first-order chi connectivity index (χ1) is 6.61. The summed E-state index contributed by atoms with van der Waals surface area (Å²) < 4.78 is 12.1. The van der Waals surface area contributed by atoms with Crippen LogP contribution in [-0.4, -0.2) is 42.8 Å². The zero-order valence-corrected chi connectivity index (χ0v) is 9.65. The van der Waals surface area contributed by atoms with Crippen LogP contribution in [0.5, 0.6) is 0 Å². The molecule has 0 aliphatic carbocycles. The minimum atomic E-state index is -0.195. The second-order valence-electron chi connectivity index (χ2n) is 4.66. The van der Waals surface area contributed by atoms with Crippen molar-refractivity contribution < 1.29 is 4.39 Å². The number of hydrogen-bond acceptors (Lipinski definition) is 2. The summed E-state index contributed by atoms with van der Waals surface area (Å²) in [5.74, 6) is 0. The standard InChI is InChI=1S/C11H23FN2/c1-4-11(3)9-14(7-5-6-12)10(2)8-13-11/h10,13H,4-9H2,1-3H3. The van der Waals surface area contributed by atoms with E-state index in [1.807, 2.05) is 0 Å². The molecule has 3 heteroatoms. The van der Waals surface area contributed by atoms with Crippen LogP contribution in [0.15, 0.2) is 0 Å². The van der Waals surface area contributed by atoms with Gasteiger partial charge >= 0.3 is 0 Å². The molecule has 0 spiro atoms. The Kier molecular flexibility index (Phi) is 4.32. The Labute approximate surface area is 86.9 Å². The van der Waals surface area contributed by atoms with Crippen LogP contribution in [0.3, 0.4) is 0 Å². The van der Waals surface area contributed by atoms with Gasteiger partial charge in [-0.25, -0.2) is 0 Å². The molecule has 0 aromatic rings. The molecule has 0 radical (unpaired) electrons. The van der Waals surface area contributed by atoms with E-state index < -0.39 is 0 Å². The van der Waals surface area contributed by atoms with E-state index >= 15 is 0 Å². The van der Waals surface area contributed by atoms with Gasteiger partial charge in [-0.1, -0.05) is 6.92 Å². The average Bonchev–Trinajstić information content (AvgIpc) is 2.20. The van der Waals surface area contributed by atoms with Gasteiger partial charge in [0.15, 0.2) is 0 Å². The Bertz CT molecular complexity index is 175. The minimum Gasteiger partial charge on any atom is -0.309 e. The molecule has 1 heterocycles. The van der Waals surface area contributed by atoms with Gasteiger partial charge in [0.05, 0.1) is 6.67 Å². The number of hydrogen-bond donors (Lipinski definition) is 1. The van der Waals surface area contributed by atoms with E-state index in [0.717, 1.165) is 26.1 Å². The van der Waals surface area contributed by atoms with Crippen LogP contribution in [0, 0.1) is 0 Å². The molecule has 0 amide bonds. The van der Waals surface area contributed by atoms with Crippen LogP contribution in [0.4, 0.5) is 4.39 Å². The van der Waals surface area contributed by atoms with Crippen molar-refractivity contribution >= 4 is 0 Å². The predicted octanol–water partition coefficient (Wildman–Crippen LogP) is 1.81. The fourth-order valence-corrected chi connectivity index (χ4v) is 1.98. The van der Waals surface area contributed by atoms with Gasteiger partial charge in [0.25, 0.3) is 0 Å². The molecule has 0 bridgehead atoms. The van der Waals surface area contributed by atoms with Crippen molar-refractivity contribution in [1.29, 1.82) is 0 Å². The fraction of sp³-hybridized carbons (Fsp3) is 1.00. The topological polar surface area (TPSA) is 15.3 Å². The first-order valence-corrected chi connectivity index (χ1v) is 5.66. The predicted molar refractivity (Wildman–Crippen MR) is 58.3 cm³/mol. The summed E-state index contributed by atoms with van der Waals surface area (Å²) in [5, 5.41) is 3.57. The maximum Gasteiger partial charge on any atom is 0.0906 e. The Balaban J connectivity index is 2.46. The minimum absolute atomic E-state index is 0.195. The second-order valence-corrected chi connectivity index (χ2v) is 4.66. The number of alkyl halides is 1. The highest BCUT2D eigenvalue weighted by atomic mass is 19.1. The highest BCUT2D eigenvalue weighted by molar-refractivity contribution is 4.92. The van der Waals surface area contributed by atoms with Crippen molar-refractivity contribution in [2.45, 2.75) is 45.2 Å². The van der Waals surface area contributed by atoms with Crippen LogP contribution >= 0.6 is 0 Å². The lowest BCUT2D eigenvalue weighted by molar-refractivity contribution is 0.0901. The smallest absolute Gasteiger partial charge is 0.0906 e. The van der Waals surface area contributed by atoms with Crippen LogP contribution in [0.1, 0.15) is 33.6 Å². The Hall–Kier alpha value is -0.150. The maximum atomic E-state index is 12.1. The third-order valence-electron chi connectivity index (χ3n) is 3.36. The third-order valence-corrected chi connectivity index (χ3v) is 3.36. The molecule has 0 aromatic heterocycles. The Morgan fingerprint density at radius 2 is 2.29 bits per heavy atom. The number of nitrogens with one attached hydrogen (secondary N) is 1. The van der Waals surface area contributed by atoms with E-state index in [-0.39, 0.29) is 12.2 Å². The first kappa shape index (κ1) is 11.9. The molecule has 1 fully saturated rings. The molecule has 0 aromatic carbocycles. The highest BCUT2D eigenvalue weighted by Crippen LogP contribution is 2.18. The van der Waals surface area contributed by atoms with E-state index in [9.17, 15) is 4.39 Å². The van der Waals surface area contributed by atoms with Gasteiger partial charge in [0.1, 0.15) is 0 Å². The van der Waals surface area contributed by atoms with Crippen LogP contribution in [0.25, 0.3) is 0 Å². The van der Waals surface area contributed by atoms with Gasteiger partial charge in [-0.05, 0) is 26.7 Å². The number of rotatable bonds is 4. The molecule has 1 rings (SSSR count). The zero-order chi connectivity index (χ0) is 10.6.